The van der Waals surface area contributed by atoms with E-state index in [2.05, 4.69) is 0 Å². The fourth-order valence-corrected chi connectivity index (χ4v) is 4.45. The Morgan fingerprint density at radius 1 is 1.28 bits per heavy atom. The highest BCUT2D eigenvalue weighted by Gasteiger charge is 2.41. The van der Waals surface area contributed by atoms with Crippen LogP contribution in [0.3, 0.4) is 0 Å². The van der Waals surface area contributed by atoms with Gasteiger partial charge in [-0.3, -0.25) is 4.79 Å². The number of aliphatic hydroxyl groups is 2. The standard InChI is InChI=1S/C23H30O6/c1-12(2)18-20-15(10-17(29-20)23(3,4)26)21(27-13-7-5-6-8-13)19-16(25)9-14(11-24)28-22(18)19/h9,12-13,17,24,26H,5-8,10-11H2,1-4H3. The van der Waals surface area contributed by atoms with Gasteiger partial charge in [-0.1, -0.05) is 13.8 Å². The molecule has 1 unspecified atom stereocenters. The highest BCUT2D eigenvalue weighted by Crippen LogP contribution is 2.49. The van der Waals surface area contributed by atoms with Gasteiger partial charge in [-0.25, -0.2) is 0 Å². The van der Waals surface area contributed by atoms with Gasteiger partial charge in [-0.2, -0.15) is 0 Å². The third-order valence-electron chi connectivity index (χ3n) is 6.02. The Morgan fingerprint density at radius 3 is 2.55 bits per heavy atom. The van der Waals surface area contributed by atoms with E-state index in [-0.39, 0.29) is 29.8 Å². The van der Waals surface area contributed by atoms with Crippen molar-refractivity contribution in [1.82, 2.24) is 0 Å². The molecule has 1 aromatic carbocycles. The minimum Gasteiger partial charge on any atom is -0.489 e. The first kappa shape index (κ1) is 20.2. The van der Waals surface area contributed by atoms with Crippen LogP contribution in [0.1, 0.15) is 76.2 Å². The van der Waals surface area contributed by atoms with Crippen LogP contribution in [0.5, 0.6) is 11.5 Å². The molecule has 0 bridgehead atoms. The monoisotopic (exact) mass is 402 g/mol. The molecule has 2 aromatic rings. The number of hydrogen-bond donors (Lipinski definition) is 2. The molecule has 29 heavy (non-hydrogen) atoms. The Hall–Kier alpha value is -2.05. The Balaban J connectivity index is 2.01. The summed E-state index contributed by atoms with van der Waals surface area (Å²) in [6.07, 6.45) is 4.23. The molecule has 6 nitrogen and oxygen atoms in total. The maximum Gasteiger partial charge on any atom is 0.196 e. The van der Waals surface area contributed by atoms with Gasteiger partial charge in [0.25, 0.3) is 0 Å². The van der Waals surface area contributed by atoms with E-state index in [1.165, 1.54) is 6.07 Å². The minimum atomic E-state index is -1.04. The quantitative estimate of drug-likeness (QED) is 0.791. The van der Waals surface area contributed by atoms with Gasteiger partial charge in [0.1, 0.15) is 40.9 Å². The summed E-state index contributed by atoms with van der Waals surface area (Å²) in [5, 5.41) is 20.6. The van der Waals surface area contributed by atoms with Crippen molar-refractivity contribution in [2.24, 2.45) is 0 Å². The van der Waals surface area contributed by atoms with E-state index in [4.69, 9.17) is 13.9 Å². The van der Waals surface area contributed by atoms with Gasteiger partial charge in [0, 0.05) is 23.6 Å². The van der Waals surface area contributed by atoms with E-state index < -0.39 is 11.7 Å². The first-order valence-corrected chi connectivity index (χ1v) is 10.5. The molecule has 1 atom stereocenters. The van der Waals surface area contributed by atoms with Crippen LogP contribution in [0.25, 0.3) is 11.0 Å². The average Bonchev–Trinajstić information content (AvgIpc) is 3.29. The van der Waals surface area contributed by atoms with Crippen molar-refractivity contribution in [3.8, 4) is 11.5 Å². The molecule has 158 valence electrons. The van der Waals surface area contributed by atoms with Gasteiger partial charge in [0.05, 0.1) is 11.7 Å². The number of fused-ring (bicyclic) bond motifs is 2. The van der Waals surface area contributed by atoms with Crippen molar-refractivity contribution in [2.45, 2.75) is 90.1 Å². The lowest BCUT2D eigenvalue weighted by Crippen LogP contribution is -2.39. The molecule has 6 heteroatoms. The van der Waals surface area contributed by atoms with Crippen molar-refractivity contribution in [2.75, 3.05) is 0 Å². The molecule has 1 fully saturated rings. The summed E-state index contributed by atoms with van der Waals surface area (Å²) in [6.45, 7) is 7.12. The summed E-state index contributed by atoms with van der Waals surface area (Å²) in [5.74, 6) is 1.40. The van der Waals surface area contributed by atoms with Gasteiger partial charge in [-0.05, 0) is 45.4 Å². The number of hydrogen-bond acceptors (Lipinski definition) is 6. The third kappa shape index (κ3) is 3.53. The Kier molecular flexibility index (Phi) is 5.11. The fourth-order valence-electron chi connectivity index (χ4n) is 4.45. The van der Waals surface area contributed by atoms with Crippen LogP contribution in [0, 0.1) is 0 Å². The van der Waals surface area contributed by atoms with Crippen LogP contribution in [0.4, 0.5) is 0 Å². The maximum atomic E-state index is 13.1. The first-order valence-electron chi connectivity index (χ1n) is 10.5. The Bertz CT molecular complexity index is 976. The first-order chi connectivity index (χ1) is 13.7. The van der Waals surface area contributed by atoms with E-state index in [9.17, 15) is 15.0 Å². The van der Waals surface area contributed by atoms with Crippen LogP contribution in [-0.4, -0.2) is 28.0 Å². The molecule has 1 aliphatic carbocycles. The van der Waals surface area contributed by atoms with Gasteiger partial charge >= 0.3 is 0 Å². The van der Waals surface area contributed by atoms with E-state index in [1.807, 2.05) is 13.8 Å². The van der Waals surface area contributed by atoms with Crippen molar-refractivity contribution in [1.29, 1.82) is 0 Å². The van der Waals surface area contributed by atoms with Crippen molar-refractivity contribution in [3.05, 3.63) is 33.2 Å². The molecule has 2 heterocycles. The SMILES string of the molecule is CC(C)c1c2c(c(OC3CCCC3)c3c(=O)cc(CO)oc13)CC(C(C)(C)O)O2. The molecule has 0 radical (unpaired) electrons. The van der Waals surface area contributed by atoms with Crippen molar-refractivity contribution >= 4 is 11.0 Å². The van der Waals surface area contributed by atoms with Crippen molar-refractivity contribution in [3.63, 3.8) is 0 Å². The van der Waals surface area contributed by atoms with E-state index in [0.29, 0.717) is 28.9 Å². The molecule has 0 amide bonds. The number of rotatable bonds is 5. The molecule has 1 aliphatic heterocycles. The van der Waals surface area contributed by atoms with Crippen LogP contribution >= 0.6 is 0 Å². The number of aliphatic hydroxyl groups excluding tert-OH is 1. The van der Waals surface area contributed by atoms with Crippen LogP contribution in [-0.2, 0) is 13.0 Å². The Morgan fingerprint density at radius 2 is 1.97 bits per heavy atom. The second kappa shape index (κ2) is 7.33. The van der Waals surface area contributed by atoms with E-state index in [0.717, 1.165) is 36.8 Å². The maximum absolute atomic E-state index is 13.1. The summed E-state index contributed by atoms with van der Waals surface area (Å²) in [6, 6.07) is 1.34. The zero-order chi connectivity index (χ0) is 20.9. The predicted molar refractivity (Wildman–Crippen MR) is 110 cm³/mol. The second-order valence-corrected chi connectivity index (χ2v) is 9.13. The normalized spacial score (nSPS) is 19.8. The zero-order valence-corrected chi connectivity index (χ0v) is 17.6. The van der Waals surface area contributed by atoms with Crippen LogP contribution in [0.15, 0.2) is 15.3 Å². The number of ether oxygens (including phenoxy) is 2. The second-order valence-electron chi connectivity index (χ2n) is 9.13. The number of benzene rings is 1. The predicted octanol–water partition coefficient (Wildman–Crippen LogP) is 3.80. The highest BCUT2D eigenvalue weighted by molar-refractivity contribution is 5.91. The highest BCUT2D eigenvalue weighted by atomic mass is 16.5. The van der Waals surface area contributed by atoms with Gasteiger partial charge in [-0.15, -0.1) is 0 Å². The van der Waals surface area contributed by atoms with E-state index >= 15 is 0 Å². The summed E-state index contributed by atoms with van der Waals surface area (Å²) < 4.78 is 18.6. The minimum absolute atomic E-state index is 0.0180. The third-order valence-corrected chi connectivity index (χ3v) is 6.02. The lowest BCUT2D eigenvalue weighted by atomic mass is 9.92. The van der Waals surface area contributed by atoms with Crippen molar-refractivity contribution < 1.29 is 24.1 Å². The molecule has 4 rings (SSSR count). The Labute approximate surface area is 170 Å². The molecule has 2 N–H and O–H groups in total. The summed E-state index contributed by atoms with van der Waals surface area (Å²) in [4.78, 5) is 13.1. The zero-order valence-electron chi connectivity index (χ0n) is 17.6. The topological polar surface area (TPSA) is 89.1 Å². The smallest absolute Gasteiger partial charge is 0.196 e. The summed E-state index contributed by atoms with van der Waals surface area (Å²) >= 11 is 0. The molecule has 0 saturated heterocycles. The molecular weight excluding hydrogens is 372 g/mol. The lowest BCUT2D eigenvalue weighted by molar-refractivity contribution is -0.0233. The van der Waals surface area contributed by atoms with Crippen LogP contribution in [0.2, 0.25) is 0 Å². The molecule has 0 spiro atoms. The molecule has 2 aliphatic rings. The fraction of sp³-hybridized carbons (Fsp3) is 0.609. The van der Waals surface area contributed by atoms with Gasteiger partial charge in [0.2, 0.25) is 0 Å². The molecule has 1 aromatic heterocycles. The largest absolute Gasteiger partial charge is 0.489 e. The van der Waals surface area contributed by atoms with Gasteiger partial charge in [0.15, 0.2) is 5.43 Å². The molecular formula is C23H30O6. The lowest BCUT2D eigenvalue weighted by Gasteiger charge is -2.25. The van der Waals surface area contributed by atoms with Gasteiger partial charge < -0.3 is 24.1 Å². The van der Waals surface area contributed by atoms with Crippen LogP contribution < -0.4 is 14.9 Å². The average molecular weight is 402 g/mol. The summed E-state index contributed by atoms with van der Waals surface area (Å²) in [7, 11) is 0. The summed E-state index contributed by atoms with van der Waals surface area (Å²) in [5.41, 5.74) is 0.772. The van der Waals surface area contributed by atoms with E-state index in [1.54, 1.807) is 13.8 Å². The molecule has 1 saturated carbocycles.